The molecule has 140 valence electrons. The lowest BCUT2D eigenvalue weighted by Gasteiger charge is -2.10. The monoisotopic (exact) mass is 396 g/mol. The van der Waals surface area contributed by atoms with Crippen LogP contribution in [-0.2, 0) is 16.4 Å². The van der Waals surface area contributed by atoms with Gasteiger partial charge in [-0.15, -0.1) is 0 Å². The van der Waals surface area contributed by atoms with E-state index in [1.165, 1.54) is 18.2 Å². The van der Waals surface area contributed by atoms with Crippen LogP contribution in [0.2, 0.25) is 5.02 Å². The van der Waals surface area contributed by atoms with E-state index in [0.717, 1.165) is 30.4 Å². The zero-order valence-corrected chi connectivity index (χ0v) is 16.2. The van der Waals surface area contributed by atoms with Crippen LogP contribution in [0.25, 0.3) is 0 Å². The predicted octanol–water partition coefficient (Wildman–Crippen LogP) is 3.08. The number of halogens is 1. The second-order valence-electron chi connectivity index (χ2n) is 5.78. The summed E-state index contributed by atoms with van der Waals surface area (Å²) in [5.41, 5.74) is 1.67. The first-order valence-electron chi connectivity index (χ1n) is 7.97. The molecule has 0 spiro atoms. The Morgan fingerprint density at radius 3 is 2.46 bits per heavy atom. The molecule has 0 aromatic heterocycles. The molecule has 0 radical (unpaired) electrons. The number of carbonyl (C=O) groups is 1. The first kappa shape index (κ1) is 20.1. The lowest BCUT2D eigenvalue weighted by Crippen LogP contribution is -2.25. The molecular formula is C18H21ClN2O4S. The summed E-state index contributed by atoms with van der Waals surface area (Å²) in [5.74, 6) is 0.459. The van der Waals surface area contributed by atoms with Crippen LogP contribution in [0.3, 0.4) is 0 Å². The molecule has 2 rings (SSSR count). The van der Waals surface area contributed by atoms with Gasteiger partial charge in [0.05, 0.1) is 24.0 Å². The lowest BCUT2D eigenvalue weighted by molar-refractivity contribution is 0.0953. The van der Waals surface area contributed by atoms with Crippen LogP contribution in [-0.4, -0.2) is 34.2 Å². The zero-order valence-electron chi connectivity index (χ0n) is 14.6. The fourth-order valence-corrected chi connectivity index (χ4v) is 3.12. The second-order valence-corrected chi connectivity index (χ2v) is 7.93. The molecule has 0 unspecified atom stereocenters. The van der Waals surface area contributed by atoms with E-state index < -0.39 is 10.0 Å². The van der Waals surface area contributed by atoms with Crippen LogP contribution in [0.15, 0.2) is 42.5 Å². The SMILES string of the molecule is COc1ccc(CCCNC(=O)c2cc(NS(C)(=O)=O)ccc2Cl)cc1. The van der Waals surface area contributed by atoms with Crippen molar-refractivity contribution < 1.29 is 17.9 Å². The van der Waals surface area contributed by atoms with Crippen molar-refractivity contribution in [2.24, 2.45) is 0 Å². The highest BCUT2D eigenvalue weighted by Gasteiger charge is 2.12. The van der Waals surface area contributed by atoms with Crippen molar-refractivity contribution in [3.63, 3.8) is 0 Å². The van der Waals surface area contributed by atoms with Crippen molar-refractivity contribution in [1.82, 2.24) is 5.32 Å². The standard InChI is InChI=1S/C18H21ClN2O4S/c1-25-15-8-5-13(6-9-15)4-3-11-20-18(22)16-12-14(7-10-17(16)19)21-26(2,23)24/h5-10,12,21H,3-4,11H2,1-2H3,(H,20,22). The maximum atomic E-state index is 12.3. The molecule has 8 heteroatoms. The first-order valence-corrected chi connectivity index (χ1v) is 10.2. The Hall–Kier alpha value is -2.25. The summed E-state index contributed by atoms with van der Waals surface area (Å²) in [5, 5.41) is 3.06. The normalized spacial score (nSPS) is 11.0. The van der Waals surface area contributed by atoms with E-state index in [0.29, 0.717) is 12.2 Å². The van der Waals surface area contributed by atoms with Gasteiger partial charge in [-0.3, -0.25) is 9.52 Å². The lowest BCUT2D eigenvalue weighted by atomic mass is 10.1. The average molecular weight is 397 g/mol. The minimum atomic E-state index is -3.42. The number of aryl methyl sites for hydroxylation is 1. The fraction of sp³-hybridized carbons (Fsp3) is 0.278. The van der Waals surface area contributed by atoms with Crippen molar-refractivity contribution in [1.29, 1.82) is 0 Å². The molecule has 2 N–H and O–H groups in total. The number of anilines is 1. The predicted molar refractivity (Wildman–Crippen MR) is 104 cm³/mol. The largest absolute Gasteiger partial charge is 0.497 e. The van der Waals surface area contributed by atoms with Gasteiger partial charge in [-0.2, -0.15) is 0 Å². The van der Waals surface area contributed by atoms with Gasteiger partial charge in [0.15, 0.2) is 0 Å². The summed E-state index contributed by atoms with van der Waals surface area (Å²) in [6, 6.07) is 12.2. The summed E-state index contributed by atoms with van der Waals surface area (Å²) >= 11 is 6.05. The quantitative estimate of drug-likeness (QED) is 0.671. The Morgan fingerprint density at radius 2 is 1.85 bits per heavy atom. The smallest absolute Gasteiger partial charge is 0.252 e. The van der Waals surface area contributed by atoms with E-state index in [9.17, 15) is 13.2 Å². The molecule has 6 nitrogen and oxygen atoms in total. The highest BCUT2D eigenvalue weighted by molar-refractivity contribution is 7.92. The maximum absolute atomic E-state index is 12.3. The van der Waals surface area contributed by atoms with Gasteiger partial charge >= 0.3 is 0 Å². The molecule has 0 aliphatic carbocycles. The number of hydrogen-bond acceptors (Lipinski definition) is 4. The molecule has 0 saturated carbocycles. The molecule has 0 aliphatic rings. The molecule has 0 atom stereocenters. The van der Waals surface area contributed by atoms with E-state index in [1.54, 1.807) is 7.11 Å². The summed E-state index contributed by atoms with van der Waals surface area (Å²) in [4.78, 5) is 12.3. The third-order valence-corrected chi connectivity index (χ3v) is 4.54. The van der Waals surface area contributed by atoms with Gasteiger partial charge < -0.3 is 10.1 Å². The molecular weight excluding hydrogens is 376 g/mol. The van der Waals surface area contributed by atoms with Crippen LogP contribution in [0.5, 0.6) is 5.75 Å². The molecule has 1 amide bonds. The van der Waals surface area contributed by atoms with E-state index in [1.807, 2.05) is 24.3 Å². The van der Waals surface area contributed by atoms with E-state index in [-0.39, 0.29) is 16.5 Å². The van der Waals surface area contributed by atoms with Crippen LogP contribution in [0, 0.1) is 0 Å². The number of amides is 1. The minimum Gasteiger partial charge on any atom is -0.497 e. The van der Waals surface area contributed by atoms with Gasteiger partial charge in [0.25, 0.3) is 5.91 Å². The van der Waals surface area contributed by atoms with Crippen molar-refractivity contribution >= 4 is 33.2 Å². The molecule has 0 aliphatic heterocycles. The van der Waals surface area contributed by atoms with Crippen molar-refractivity contribution in [3.8, 4) is 5.75 Å². The number of ether oxygens (including phenoxy) is 1. The van der Waals surface area contributed by atoms with Gasteiger partial charge in [-0.05, 0) is 48.7 Å². The summed E-state index contributed by atoms with van der Waals surface area (Å²) in [6.07, 6.45) is 2.62. The third kappa shape index (κ3) is 6.24. The van der Waals surface area contributed by atoms with Gasteiger partial charge in [0.1, 0.15) is 5.75 Å². The van der Waals surface area contributed by atoms with Crippen LogP contribution < -0.4 is 14.8 Å². The average Bonchev–Trinajstić information content (AvgIpc) is 2.59. The van der Waals surface area contributed by atoms with Crippen molar-refractivity contribution in [2.75, 3.05) is 24.6 Å². The number of benzene rings is 2. The first-order chi connectivity index (χ1) is 12.3. The summed E-state index contributed by atoms with van der Waals surface area (Å²) in [6.45, 7) is 0.477. The number of nitrogens with one attached hydrogen (secondary N) is 2. The highest BCUT2D eigenvalue weighted by atomic mass is 35.5. The van der Waals surface area contributed by atoms with Crippen LogP contribution in [0.4, 0.5) is 5.69 Å². The topological polar surface area (TPSA) is 84.5 Å². The Labute approximate surface area is 158 Å². The van der Waals surface area contributed by atoms with E-state index >= 15 is 0 Å². The van der Waals surface area contributed by atoms with Crippen LogP contribution >= 0.6 is 11.6 Å². The van der Waals surface area contributed by atoms with Gasteiger partial charge in [0, 0.05) is 12.2 Å². The van der Waals surface area contributed by atoms with Crippen LogP contribution in [0.1, 0.15) is 22.3 Å². The molecule has 2 aromatic rings. The number of carbonyl (C=O) groups excluding carboxylic acids is 1. The molecule has 0 saturated heterocycles. The number of rotatable bonds is 8. The Balaban J connectivity index is 1.89. The van der Waals surface area contributed by atoms with Crippen molar-refractivity contribution in [2.45, 2.75) is 12.8 Å². The zero-order chi connectivity index (χ0) is 19.2. The van der Waals surface area contributed by atoms with E-state index in [4.69, 9.17) is 16.3 Å². The number of hydrogen-bond donors (Lipinski definition) is 2. The Bertz CT molecular complexity index is 867. The molecule has 2 aromatic carbocycles. The molecule has 26 heavy (non-hydrogen) atoms. The van der Waals surface area contributed by atoms with Gasteiger partial charge in [0.2, 0.25) is 10.0 Å². The Morgan fingerprint density at radius 1 is 1.15 bits per heavy atom. The summed E-state index contributed by atoms with van der Waals surface area (Å²) in [7, 11) is -1.80. The Kier molecular flexibility index (Phi) is 6.88. The maximum Gasteiger partial charge on any atom is 0.252 e. The minimum absolute atomic E-state index is 0.227. The fourth-order valence-electron chi connectivity index (χ4n) is 2.36. The highest BCUT2D eigenvalue weighted by Crippen LogP contribution is 2.21. The van der Waals surface area contributed by atoms with Crippen molar-refractivity contribution in [3.05, 3.63) is 58.6 Å². The molecule has 0 fully saturated rings. The molecule has 0 bridgehead atoms. The van der Waals surface area contributed by atoms with Gasteiger partial charge in [-0.1, -0.05) is 23.7 Å². The third-order valence-electron chi connectivity index (χ3n) is 3.60. The van der Waals surface area contributed by atoms with Gasteiger partial charge in [-0.25, -0.2) is 8.42 Å². The van der Waals surface area contributed by atoms with E-state index in [2.05, 4.69) is 10.0 Å². The second kappa shape index (κ2) is 8.91. The summed E-state index contributed by atoms with van der Waals surface area (Å²) < 4.78 is 30.0. The molecule has 0 heterocycles. The number of methoxy groups -OCH3 is 1. The number of sulfonamides is 1.